The van der Waals surface area contributed by atoms with E-state index in [1.807, 2.05) is 61.7 Å². The van der Waals surface area contributed by atoms with Gasteiger partial charge in [0.25, 0.3) is 5.91 Å². The molecule has 1 aliphatic heterocycles. The van der Waals surface area contributed by atoms with E-state index in [0.29, 0.717) is 18.8 Å². The fourth-order valence-electron chi connectivity index (χ4n) is 4.98. The van der Waals surface area contributed by atoms with Gasteiger partial charge in [-0.25, -0.2) is 0 Å². The topological polar surface area (TPSA) is 67.2 Å². The number of hydrogen-bond donors (Lipinski definition) is 1. The van der Waals surface area contributed by atoms with Gasteiger partial charge >= 0.3 is 0 Å². The van der Waals surface area contributed by atoms with Crippen molar-refractivity contribution in [3.8, 4) is 10.6 Å². The maximum Gasteiger partial charge on any atom is 0.273 e. The van der Waals surface area contributed by atoms with Crippen LogP contribution in [0.5, 0.6) is 0 Å². The summed E-state index contributed by atoms with van der Waals surface area (Å²) in [7, 11) is 0. The molecular weight excluding hydrogens is 432 g/mol. The van der Waals surface area contributed by atoms with Crippen molar-refractivity contribution in [1.82, 2.24) is 20.0 Å². The second-order valence-corrected chi connectivity index (χ2v) is 10.4. The Morgan fingerprint density at radius 2 is 1.97 bits per heavy atom. The molecule has 1 aromatic carbocycles. The van der Waals surface area contributed by atoms with Gasteiger partial charge in [0.15, 0.2) is 0 Å². The lowest BCUT2D eigenvalue weighted by atomic mass is 9.91. The number of rotatable bonds is 5. The first-order valence-electron chi connectivity index (χ1n) is 11.7. The molecule has 2 amide bonds. The van der Waals surface area contributed by atoms with Gasteiger partial charge in [0, 0.05) is 12.6 Å². The van der Waals surface area contributed by atoms with Crippen molar-refractivity contribution in [3.05, 3.63) is 64.7 Å². The zero-order valence-corrected chi connectivity index (χ0v) is 20.0. The van der Waals surface area contributed by atoms with Crippen molar-refractivity contribution in [1.29, 1.82) is 0 Å². The van der Waals surface area contributed by atoms with Crippen LogP contribution in [-0.2, 0) is 17.9 Å². The minimum absolute atomic E-state index is 0.0878. The van der Waals surface area contributed by atoms with E-state index in [4.69, 9.17) is 5.10 Å². The molecule has 1 N–H and O–H groups in total. The maximum absolute atomic E-state index is 13.8. The molecule has 1 saturated carbocycles. The number of thiophene rings is 1. The van der Waals surface area contributed by atoms with Crippen molar-refractivity contribution in [2.75, 3.05) is 0 Å². The Morgan fingerprint density at radius 1 is 1.18 bits per heavy atom. The number of aryl methyl sites for hydroxylation is 1. The van der Waals surface area contributed by atoms with Crippen molar-refractivity contribution in [3.63, 3.8) is 0 Å². The molecule has 1 atom stereocenters. The Bertz CT molecular complexity index is 1160. The van der Waals surface area contributed by atoms with Crippen LogP contribution in [0.25, 0.3) is 10.6 Å². The average molecular weight is 463 g/mol. The third-order valence-electron chi connectivity index (χ3n) is 7.09. The molecule has 3 aromatic rings. The largest absolute Gasteiger partial charge is 0.351 e. The molecule has 2 aromatic heterocycles. The molecular formula is C26H30N4O2S. The Hall–Kier alpha value is -2.93. The van der Waals surface area contributed by atoms with Crippen molar-refractivity contribution >= 4 is 23.2 Å². The van der Waals surface area contributed by atoms with Crippen LogP contribution < -0.4 is 5.32 Å². The lowest BCUT2D eigenvalue weighted by Crippen LogP contribution is -2.64. The van der Waals surface area contributed by atoms with E-state index in [0.717, 1.165) is 47.4 Å². The molecule has 33 heavy (non-hydrogen) atoms. The standard InChI is InChI=1S/C26H30N4O2S/c1-18-9-6-7-10-19(18)16-29-24(31)22-15-21(23-13-8-14-33-23)28-30(22)17-26(29,2)25(32)27-20-11-4-3-5-12-20/h6-10,13-15,20H,3-5,11-12,16-17H2,1-2H3,(H,27,32)/t26-/m0/s1. The lowest BCUT2D eigenvalue weighted by Gasteiger charge is -2.44. The summed E-state index contributed by atoms with van der Waals surface area (Å²) >= 11 is 1.60. The molecule has 1 aliphatic carbocycles. The second kappa shape index (κ2) is 8.78. The van der Waals surface area contributed by atoms with Crippen LogP contribution in [0.15, 0.2) is 47.8 Å². The molecule has 6 nitrogen and oxygen atoms in total. The molecule has 5 rings (SSSR count). The zero-order valence-electron chi connectivity index (χ0n) is 19.2. The Balaban J connectivity index is 1.52. The van der Waals surface area contributed by atoms with Gasteiger partial charge in [-0.1, -0.05) is 49.6 Å². The number of carbonyl (C=O) groups is 2. The summed E-state index contributed by atoms with van der Waals surface area (Å²) in [5.41, 5.74) is 2.45. The molecule has 1 fully saturated rings. The van der Waals surface area contributed by atoms with E-state index in [9.17, 15) is 9.59 Å². The van der Waals surface area contributed by atoms with E-state index < -0.39 is 5.54 Å². The number of nitrogens with zero attached hydrogens (tertiary/aromatic N) is 3. The number of amides is 2. The highest BCUT2D eigenvalue weighted by molar-refractivity contribution is 7.13. The zero-order chi connectivity index (χ0) is 23.0. The van der Waals surface area contributed by atoms with Gasteiger partial charge < -0.3 is 10.2 Å². The average Bonchev–Trinajstić information content (AvgIpc) is 3.48. The van der Waals surface area contributed by atoms with Crippen molar-refractivity contribution < 1.29 is 9.59 Å². The summed E-state index contributed by atoms with van der Waals surface area (Å²) in [5, 5.41) is 10.0. The molecule has 7 heteroatoms. The summed E-state index contributed by atoms with van der Waals surface area (Å²) in [6.45, 7) is 4.66. The number of benzene rings is 1. The molecule has 0 unspecified atom stereocenters. The first kappa shape index (κ1) is 21.9. The molecule has 0 bridgehead atoms. The summed E-state index contributed by atoms with van der Waals surface area (Å²) in [4.78, 5) is 30.3. The molecule has 0 saturated heterocycles. The molecule has 3 heterocycles. The summed E-state index contributed by atoms with van der Waals surface area (Å²) in [6.07, 6.45) is 5.51. The quantitative estimate of drug-likeness (QED) is 0.593. The number of hydrogen-bond acceptors (Lipinski definition) is 4. The monoisotopic (exact) mass is 462 g/mol. The summed E-state index contributed by atoms with van der Waals surface area (Å²) in [6, 6.07) is 14.1. The lowest BCUT2D eigenvalue weighted by molar-refractivity contribution is -0.134. The van der Waals surface area contributed by atoms with Gasteiger partial charge in [-0.15, -0.1) is 11.3 Å². The normalized spacial score (nSPS) is 21.2. The first-order chi connectivity index (χ1) is 16.0. The van der Waals surface area contributed by atoms with Crippen LogP contribution in [0.1, 0.15) is 60.6 Å². The van der Waals surface area contributed by atoms with Crippen LogP contribution in [0.2, 0.25) is 0 Å². The van der Waals surface area contributed by atoms with Crippen LogP contribution in [-0.4, -0.2) is 38.1 Å². The van der Waals surface area contributed by atoms with E-state index in [-0.39, 0.29) is 17.9 Å². The smallest absolute Gasteiger partial charge is 0.273 e. The van der Waals surface area contributed by atoms with Gasteiger partial charge in [0.2, 0.25) is 5.91 Å². The van der Waals surface area contributed by atoms with Gasteiger partial charge in [-0.05, 0) is 55.3 Å². The predicted octanol–water partition coefficient (Wildman–Crippen LogP) is 4.78. The number of nitrogens with one attached hydrogen (secondary N) is 1. The Labute approximate surface area is 198 Å². The number of fused-ring (bicyclic) bond motifs is 1. The van der Waals surface area contributed by atoms with Gasteiger partial charge in [0.05, 0.1) is 11.4 Å². The van der Waals surface area contributed by atoms with Crippen LogP contribution >= 0.6 is 11.3 Å². The number of carbonyl (C=O) groups excluding carboxylic acids is 2. The maximum atomic E-state index is 13.8. The molecule has 0 radical (unpaired) electrons. The number of aromatic nitrogens is 2. The van der Waals surface area contributed by atoms with Crippen molar-refractivity contribution in [2.45, 2.75) is 70.6 Å². The minimum atomic E-state index is -1.03. The van der Waals surface area contributed by atoms with Gasteiger partial charge in [0.1, 0.15) is 16.9 Å². The second-order valence-electron chi connectivity index (χ2n) is 9.45. The van der Waals surface area contributed by atoms with E-state index in [1.165, 1.54) is 6.42 Å². The third kappa shape index (κ3) is 4.10. The van der Waals surface area contributed by atoms with Gasteiger partial charge in [-0.2, -0.15) is 5.10 Å². The molecule has 0 spiro atoms. The van der Waals surface area contributed by atoms with Crippen LogP contribution in [0.3, 0.4) is 0 Å². The van der Waals surface area contributed by atoms with Crippen LogP contribution in [0.4, 0.5) is 0 Å². The van der Waals surface area contributed by atoms with Crippen molar-refractivity contribution in [2.24, 2.45) is 0 Å². The third-order valence-corrected chi connectivity index (χ3v) is 7.98. The Kier molecular flexibility index (Phi) is 5.83. The summed E-state index contributed by atoms with van der Waals surface area (Å²) in [5.74, 6) is -0.240. The van der Waals surface area contributed by atoms with E-state index in [2.05, 4.69) is 5.32 Å². The van der Waals surface area contributed by atoms with Gasteiger partial charge in [-0.3, -0.25) is 14.3 Å². The highest BCUT2D eigenvalue weighted by Crippen LogP contribution is 2.33. The molecule has 172 valence electrons. The van der Waals surface area contributed by atoms with E-state index >= 15 is 0 Å². The molecule has 2 aliphatic rings. The predicted molar refractivity (Wildman–Crippen MR) is 130 cm³/mol. The SMILES string of the molecule is Cc1ccccc1CN1C(=O)c2cc(-c3cccs3)nn2C[C@@]1(C)C(=O)NC1CCCCC1. The minimum Gasteiger partial charge on any atom is -0.351 e. The van der Waals surface area contributed by atoms with E-state index in [1.54, 1.807) is 20.9 Å². The van der Waals surface area contributed by atoms with Crippen LogP contribution in [0, 0.1) is 6.92 Å². The highest BCUT2D eigenvalue weighted by Gasteiger charge is 2.48. The first-order valence-corrected chi connectivity index (χ1v) is 12.6. The fourth-order valence-corrected chi connectivity index (χ4v) is 5.66. The fraction of sp³-hybridized carbons (Fsp3) is 0.423. The Morgan fingerprint density at radius 3 is 2.70 bits per heavy atom. The highest BCUT2D eigenvalue weighted by atomic mass is 32.1. The summed E-state index contributed by atoms with van der Waals surface area (Å²) < 4.78 is 1.73.